The van der Waals surface area contributed by atoms with Gasteiger partial charge in [-0.15, -0.1) is 0 Å². The fourth-order valence-corrected chi connectivity index (χ4v) is 2.36. The maximum Gasteiger partial charge on any atom is 0.0833 e. The number of hydrogen-bond donors (Lipinski definition) is 0. The van der Waals surface area contributed by atoms with Crippen LogP contribution in [-0.2, 0) is 4.74 Å². The average molecular weight is 244 g/mol. The lowest BCUT2D eigenvalue weighted by Crippen LogP contribution is -2.55. The van der Waals surface area contributed by atoms with Gasteiger partial charge in [0.1, 0.15) is 0 Å². The third-order valence-electron chi connectivity index (χ3n) is 3.34. The molecule has 2 aliphatic rings. The van der Waals surface area contributed by atoms with Crippen molar-refractivity contribution in [2.45, 2.75) is 46.1 Å². The highest BCUT2D eigenvalue weighted by Gasteiger charge is 2.37. The lowest BCUT2D eigenvalue weighted by molar-refractivity contribution is -0.128. The lowest BCUT2D eigenvalue weighted by atomic mass is 9.90. The molecule has 104 valence electrons. The molecule has 0 bridgehead atoms. The molecular formula is C14H32N2O. The van der Waals surface area contributed by atoms with Crippen molar-refractivity contribution in [2.75, 3.05) is 46.9 Å². The molecule has 17 heavy (non-hydrogen) atoms. The van der Waals surface area contributed by atoms with E-state index in [1.807, 2.05) is 27.7 Å². The molecule has 3 nitrogen and oxygen atoms in total. The molecule has 0 unspecified atom stereocenters. The Bertz CT molecular complexity index is 177. The SMILES string of the molecule is CC.CC.CN1CCC2(CC1)CN(C)CCO2. The predicted molar refractivity (Wildman–Crippen MR) is 75.6 cm³/mol. The molecule has 0 aromatic heterocycles. The topological polar surface area (TPSA) is 15.7 Å². The molecule has 0 atom stereocenters. The summed E-state index contributed by atoms with van der Waals surface area (Å²) in [5, 5.41) is 0. The van der Waals surface area contributed by atoms with E-state index in [0.29, 0.717) is 0 Å². The Morgan fingerprint density at radius 3 is 1.82 bits per heavy atom. The molecule has 0 saturated carbocycles. The van der Waals surface area contributed by atoms with Crippen LogP contribution in [0.15, 0.2) is 0 Å². The zero-order valence-electron chi connectivity index (χ0n) is 12.8. The highest BCUT2D eigenvalue weighted by molar-refractivity contribution is 4.91. The summed E-state index contributed by atoms with van der Waals surface area (Å²) in [5.74, 6) is 0. The van der Waals surface area contributed by atoms with E-state index in [1.165, 1.54) is 25.9 Å². The van der Waals surface area contributed by atoms with Gasteiger partial charge in [-0.3, -0.25) is 0 Å². The van der Waals surface area contributed by atoms with E-state index in [2.05, 4.69) is 23.9 Å². The zero-order chi connectivity index (χ0) is 13.3. The second-order valence-electron chi connectivity index (χ2n) is 4.57. The number of rotatable bonds is 0. The molecule has 0 aromatic carbocycles. The minimum Gasteiger partial charge on any atom is -0.372 e. The number of likely N-dealkylation sites (tertiary alicyclic amines) is 1. The van der Waals surface area contributed by atoms with Gasteiger partial charge in [-0.2, -0.15) is 0 Å². The third-order valence-corrected chi connectivity index (χ3v) is 3.34. The minimum absolute atomic E-state index is 0.194. The fourth-order valence-electron chi connectivity index (χ4n) is 2.36. The van der Waals surface area contributed by atoms with E-state index < -0.39 is 0 Å². The van der Waals surface area contributed by atoms with Crippen LogP contribution in [0.4, 0.5) is 0 Å². The molecule has 2 saturated heterocycles. The van der Waals surface area contributed by atoms with Crippen molar-refractivity contribution in [1.82, 2.24) is 9.80 Å². The van der Waals surface area contributed by atoms with Crippen molar-refractivity contribution < 1.29 is 4.74 Å². The molecule has 0 amide bonds. The summed E-state index contributed by atoms with van der Waals surface area (Å²) in [6.45, 7) is 13.5. The first-order chi connectivity index (χ1) is 8.20. The number of likely N-dealkylation sites (N-methyl/N-ethyl adjacent to an activating group) is 1. The summed E-state index contributed by atoms with van der Waals surface area (Å²) < 4.78 is 5.96. The van der Waals surface area contributed by atoms with Crippen molar-refractivity contribution in [3.05, 3.63) is 0 Å². The van der Waals surface area contributed by atoms with Crippen LogP contribution in [0.3, 0.4) is 0 Å². The van der Waals surface area contributed by atoms with Gasteiger partial charge in [0.15, 0.2) is 0 Å². The lowest BCUT2D eigenvalue weighted by Gasteiger charge is -2.45. The Kier molecular flexibility index (Phi) is 8.83. The number of piperidine rings is 1. The van der Waals surface area contributed by atoms with Crippen LogP contribution in [-0.4, -0.2) is 62.3 Å². The minimum atomic E-state index is 0.194. The Morgan fingerprint density at radius 1 is 0.824 bits per heavy atom. The van der Waals surface area contributed by atoms with E-state index in [4.69, 9.17) is 4.74 Å². The largest absolute Gasteiger partial charge is 0.372 e. The summed E-state index contributed by atoms with van der Waals surface area (Å²) in [5.41, 5.74) is 0.194. The quantitative estimate of drug-likeness (QED) is 0.651. The van der Waals surface area contributed by atoms with E-state index in [-0.39, 0.29) is 5.60 Å². The number of hydrogen-bond acceptors (Lipinski definition) is 3. The molecule has 0 aliphatic carbocycles. The van der Waals surface area contributed by atoms with Gasteiger partial charge in [-0.25, -0.2) is 0 Å². The van der Waals surface area contributed by atoms with Gasteiger partial charge in [0.25, 0.3) is 0 Å². The van der Waals surface area contributed by atoms with Gasteiger partial charge in [0.2, 0.25) is 0 Å². The van der Waals surface area contributed by atoms with Crippen molar-refractivity contribution in [3.63, 3.8) is 0 Å². The summed E-state index contributed by atoms with van der Waals surface area (Å²) >= 11 is 0. The van der Waals surface area contributed by atoms with Gasteiger partial charge < -0.3 is 14.5 Å². The second kappa shape index (κ2) is 8.90. The van der Waals surface area contributed by atoms with E-state index in [9.17, 15) is 0 Å². The third kappa shape index (κ3) is 5.36. The molecule has 2 fully saturated rings. The van der Waals surface area contributed by atoms with Crippen molar-refractivity contribution in [2.24, 2.45) is 0 Å². The van der Waals surface area contributed by atoms with Gasteiger partial charge in [0.05, 0.1) is 12.2 Å². The Hall–Kier alpha value is -0.120. The normalized spacial score (nSPS) is 24.4. The predicted octanol–water partition coefficient (Wildman–Crippen LogP) is 2.47. The molecule has 2 rings (SSSR count). The molecule has 0 radical (unpaired) electrons. The smallest absolute Gasteiger partial charge is 0.0833 e. The molecule has 2 aliphatic heterocycles. The monoisotopic (exact) mass is 244 g/mol. The standard InChI is InChI=1S/C10H20N2O.2C2H6/c1-11-5-3-10(4-6-11)9-12(2)7-8-13-10;2*1-2/h3-9H2,1-2H3;2*1-2H3. The van der Waals surface area contributed by atoms with Crippen LogP contribution in [0.5, 0.6) is 0 Å². The second-order valence-corrected chi connectivity index (χ2v) is 4.57. The van der Waals surface area contributed by atoms with Crippen LogP contribution in [0.25, 0.3) is 0 Å². The Labute approximate surface area is 108 Å². The van der Waals surface area contributed by atoms with E-state index >= 15 is 0 Å². The molecule has 1 spiro atoms. The summed E-state index contributed by atoms with van der Waals surface area (Å²) in [6, 6.07) is 0. The molecular weight excluding hydrogens is 212 g/mol. The average Bonchev–Trinajstić information content (AvgIpc) is 2.38. The van der Waals surface area contributed by atoms with Gasteiger partial charge in [-0.1, -0.05) is 27.7 Å². The van der Waals surface area contributed by atoms with Crippen LogP contribution in [0.2, 0.25) is 0 Å². The maximum atomic E-state index is 5.96. The summed E-state index contributed by atoms with van der Waals surface area (Å²) in [6.07, 6.45) is 2.40. The van der Waals surface area contributed by atoms with Crippen molar-refractivity contribution in [1.29, 1.82) is 0 Å². The fraction of sp³-hybridized carbons (Fsp3) is 1.00. The van der Waals surface area contributed by atoms with Crippen LogP contribution in [0, 0.1) is 0 Å². The number of ether oxygens (including phenoxy) is 1. The first-order valence-electron chi connectivity index (χ1n) is 7.21. The highest BCUT2D eigenvalue weighted by Crippen LogP contribution is 2.28. The number of morpholine rings is 1. The van der Waals surface area contributed by atoms with E-state index in [0.717, 1.165) is 19.7 Å². The van der Waals surface area contributed by atoms with Crippen LogP contribution < -0.4 is 0 Å². The maximum absolute atomic E-state index is 5.96. The van der Waals surface area contributed by atoms with Crippen molar-refractivity contribution in [3.8, 4) is 0 Å². The van der Waals surface area contributed by atoms with E-state index in [1.54, 1.807) is 0 Å². The number of nitrogens with zero attached hydrogens (tertiary/aromatic N) is 2. The highest BCUT2D eigenvalue weighted by atomic mass is 16.5. The zero-order valence-corrected chi connectivity index (χ0v) is 12.8. The molecule has 3 heteroatoms. The van der Waals surface area contributed by atoms with Crippen molar-refractivity contribution >= 4 is 0 Å². The van der Waals surface area contributed by atoms with Gasteiger partial charge >= 0.3 is 0 Å². The molecule has 0 N–H and O–H groups in total. The van der Waals surface area contributed by atoms with Crippen LogP contribution in [0.1, 0.15) is 40.5 Å². The van der Waals surface area contributed by atoms with Crippen LogP contribution >= 0.6 is 0 Å². The Balaban J connectivity index is 0.000000581. The van der Waals surface area contributed by atoms with Gasteiger partial charge in [0, 0.05) is 26.2 Å². The first-order valence-corrected chi connectivity index (χ1v) is 7.21. The molecule has 0 aromatic rings. The Morgan fingerprint density at radius 2 is 1.35 bits per heavy atom. The summed E-state index contributed by atoms with van der Waals surface area (Å²) in [4.78, 5) is 4.79. The first kappa shape index (κ1) is 16.9. The molecule has 2 heterocycles. The van der Waals surface area contributed by atoms with Gasteiger partial charge in [-0.05, 0) is 26.9 Å². The summed E-state index contributed by atoms with van der Waals surface area (Å²) in [7, 11) is 4.39.